The fraction of sp³-hybridized carbons (Fsp3) is 0.200. The smallest absolute Gasteiger partial charge is 0.274 e. The van der Waals surface area contributed by atoms with Crippen molar-refractivity contribution in [3.8, 4) is 23.3 Å². The Morgan fingerprint density at radius 2 is 0.558 bits per heavy atom. The zero-order chi connectivity index (χ0) is 85.0. The number of pyridine rings is 4. The molecule has 0 saturated carbocycles. The number of rotatable bonds is 16. The zero-order valence-corrected chi connectivity index (χ0v) is 73.1. The topological polar surface area (TPSA) is 363 Å². The van der Waals surface area contributed by atoms with Crippen molar-refractivity contribution in [3.63, 3.8) is 0 Å². The predicted molar refractivity (Wildman–Crippen MR) is 463 cm³/mol. The number of aromatic nitrogens is 12. The van der Waals surface area contributed by atoms with Crippen molar-refractivity contribution in [1.29, 1.82) is 0 Å². The molecule has 32 nitrogen and oxygen atoms in total. The molecule has 4 aliphatic rings. The first kappa shape index (κ1) is 86.0. The molecule has 4 amide bonds. The van der Waals surface area contributed by atoms with Crippen molar-refractivity contribution in [2.24, 2.45) is 20.6 Å². The Morgan fingerprint density at radius 3 is 0.783 bits per heavy atom. The number of hydrogen-bond acceptors (Lipinski definition) is 24. The SMILES string of the molecule is Cc1cc(C(=O)Nc2c(C)cc(Br)cc2C2=NOCCO2)n(-c2ncccc2Cl)n1.Cc1cc(C(=O)Nc2c(C)cc(Br)cc2C2=NOCCO2)n(-c2ncccc2Cl)n1.Cc1cc(C(=O)Nc2c(C)cc(Br)cc2C2=NOCCO2)n(-c2ncccc2Cl)n1.Cc1cc(C(=O)Nc2c(C)cc(Cl)cc2C2=NOCCO2)n(-c2ncccc2Cl)n1. The molecule has 0 fully saturated rings. The molecule has 0 spiro atoms. The van der Waals surface area contributed by atoms with Crippen LogP contribution in [0, 0.1) is 55.4 Å². The first-order valence-corrected chi connectivity index (χ1v) is 40.5. The summed E-state index contributed by atoms with van der Waals surface area (Å²) in [4.78, 5) is 90.5. The van der Waals surface area contributed by atoms with Gasteiger partial charge >= 0.3 is 0 Å². The lowest BCUT2D eigenvalue weighted by Gasteiger charge is -2.19. The Bertz CT molecular complexity index is 5370. The highest BCUT2D eigenvalue weighted by molar-refractivity contribution is 9.11. The third-order valence-corrected chi connectivity index (χ3v) is 20.1. The maximum Gasteiger partial charge on any atom is 0.274 e. The summed E-state index contributed by atoms with van der Waals surface area (Å²) < 4.78 is 30.6. The molecule has 120 heavy (non-hydrogen) atoms. The Kier molecular flexibility index (Phi) is 27.9. The molecular formula is C80H68Br3Cl5N20O12. The number of amides is 4. The van der Waals surface area contributed by atoms with Crippen molar-refractivity contribution in [3.05, 3.63) is 275 Å². The summed E-state index contributed by atoms with van der Waals surface area (Å²) in [7, 11) is 0. The van der Waals surface area contributed by atoms with Gasteiger partial charge in [0.15, 0.2) is 49.7 Å². The second kappa shape index (κ2) is 38.9. The minimum absolute atomic E-state index is 0.250. The minimum atomic E-state index is -0.402. The number of nitrogens with one attached hydrogen (secondary N) is 4. The van der Waals surface area contributed by atoms with Crippen LogP contribution in [0.5, 0.6) is 0 Å². The number of halogens is 8. The van der Waals surface area contributed by atoms with Crippen molar-refractivity contribution in [2.45, 2.75) is 55.4 Å². The lowest BCUT2D eigenvalue weighted by Crippen LogP contribution is -2.22. The van der Waals surface area contributed by atoms with Crippen LogP contribution in [0.3, 0.4) is 0 Å². The third kappa shape index (κ3) is 20.4. The third-order valence-electron chi connectivity index (χ3n) is 17.3. The molecule has 0 radical (unpaired) electrons. The Morgan fingerprint density at radius 1 is 0.325 bits per heavy atom. The second-order valence-corrected chi connectivity index (χ2v) is 31.1. The Balaban J connectivity index is 0.000000138. The molecular weight excluding hydrogens is 1850 g/mol. The molecule has 0 unspecified atom stereocenters. The van der Waals surface area contributed by atoms with Gasteiger partial charge in [0.1, 0.15) is 49.2 Å². The van der Waals surface area contributed by atoms with Crippen LogP contribution in [-0.4, -0.2) is 159 Å². The van der Waals surface area contributed by atoms with E-state index >= 15 is 0 Å². The molecule has 12 aromatic rings. The maximum absolute atomic E-state index is 13.2. The second-order valence-electron chi connectivity index (χ2n) is 26.3. The monoisotopic (exact) mass is 1910 g/mol. The fourth-order valence-corrected chi connectivity index (χ4v) is 15.0. The molecule has 8 aromatic heterocycles. The number of hydrogen-bond donors (Lipinski definition) is 4. The predicted octanol–water partition coefficient (Wildman–Crippen LogP) is 16.9. The molecule has 0 aliphatic carbocycles. The van der Waals surface area contributed by atoms with E-state index in [0.717, 1.165) is 35.7 Å². The maximum atomic E-state index is 13.2. The van der Waals surface area contributed by atoms with Gasteiger partial charge in [-0.1, -0.05) is 106 Å². The van der Waals surface area contributed by atoms with E-state index in [-0.39, 0.29) is 29.3 Å². The van der Waals surface area contributed by atoms with Gasteiger partial charge in [0, 0.05) is 43.2 Å². The summed E-state index contributed by atoms with van der Waals surface area (Å²) >= 11 is 41.7. The quantitative estimate of drug-likeness (QED) is 0.0698. The first-order chi connectivity index (χ1) is 57.7. The van der Waals surface area contributed by atoms with E-state index in [4.69, 9.17) is 96.3 Å². The summed E-state index contributed by atoms with van der Waals surface area (Å²) in [6, 6.07) is 34.8. The van der Waals surface area contributed by atoms with E-state index in [1.54, 1.807) is 137 Å². The fourth-order valence-electron chi connectivity index (χ4n) is 12.2. The standard InChI is InChI=1S/3C20H17BrClN5O3.C20H17Cl2N5O3/c4*1-11-8-13(21)10-14(20-26-30-7-6-29-20)17(11)24-19(28)16-9-12(2)25-27(16)18-15(22)4-3-5-23-18/h4*3-5,8-10H,6-7H2,1-2H3,(H,24,28). The number of ether oxygens (including phenoxy) is 4. The molecule has 40 heteroatoms. The molecule has 0 saturated heterocycles. The molecule has 4 N–H and O–H groups in total. The van der Waals surface area contributed by atoms with Gasteiger partial charge in [-0.05, 0) is 220 Å². The largest absolute Gasteiger partial charge is 0.471 e. The van der Waals surface area contributed by atoms with Gasteiger partial charge < -0.3 is 59.6 Å². The molecule has 616 valence electrons. The molecule has 12 heterocycles. The normalized spacial score (nSPS) is 13.3. The van der Waals surface area contributed by atoms with Crippen LogP contribution in [0.2, 0.25) is 25.1 Å². The van der Waals surface area contributed by atoms with E-state index < -0.39 is 5.91 Å². The summed E-state index contributed by atoms with van der Waals surface area (Å²) in [5, 5.41) is 47.2. The van der Waals surface area contributed by atoms with Gasteiger partial charge in [0.05, 0.1) is 87.9 Å². The summed E-state index contributed by atoms with van der Waals surface area (Å²) in [5.41, 5.74) is 11.5. The van der Waals surface area contributed by atoms with Crippen LogP contribution in [0.4, 0.5) is 22.7 Å². The Hall–Kier alpha value is -11.8. The summed E-state index contributed by atoms with van der Waals surface area (Å²) in [5.74, 6) is 1.12. The van der Waals surface area contributed by atoms with Gasteiger partial charge in [0.2, 0.25) is 0 Å². The van der Waals surface area contributed by atoms with Crippen molar-refractivity contribution >= 4 is 176 Å². The summed E-state index contributed by atoms with van der Waals surface area (Å²) in [6.45, 7) is 17.6. The van der Waals surface area contributed by atoms with E-state index in [9.17, 15) is 19.2 Å². The van der Waals surface area contributed by atoms with Gasteiger partial charge in [-0.2, -0.15) is 20.4 Å². The molecule has 16 rings (SSSR count). The van der Waals surface area contributed by atoms with Gasteiger partial charge in [-0.3, -0.25) is 19.2 Å². The van der Waals surface area contributed by atoms with Gasteiger partial charge in [-0.25, -0.2) is 38.7 Å². The van der Waals surface area contributed by atoms with Gasteiger partial charge in [-0.15, -0.1) is 0 Å². The van der Waals surface area contributed by atoms with Crippen molar-refractivity contribution < 1.29 is 57.5 Å². The van der Waals surface area contributed by atoms with Crippen LogP contribution in [0.1, 0.15) is 109 Å². The van der Waals surface area contributed by atoms with E-state index in [0.29, 0.717) is 204 Å². The molecule has 4 aromatic carbocycles. The van der Waals surface area contributed by atoms with Crippen LogP contribution in [0.25, 0.3) is 23.3 Å². The number of aryl methyl sites for hydroxylation is 8. The number of nitrogens with zero attached hydrogens (tertiary/aromatic N) is 16. The van der Waals surface area contributed by atoms with Gasteiger partial charge in [0.25, 0.3) is 47.2 Å². The zero-order valence-electron chi connectivity index (χ0n) is 64.6. The van der Waals surface area contributed by atoms with Crippen LogP contribution in [0.15, 0.2) is 180 Å². The van der Waals surface area contributed by atoms with Crippen LogP contribution in [-0.2, 0) is 38.3 Å². The summed E-state index contributed by atoms with van der Waals surface area (Å²) in [6.07, 6.45) is 6.36. The number of anilines is 4. The highest BCUT2D eigenvalue weighted by atomic mass is 79.9. The van der Waals surface area contributed by atoms with Crippen molar-refractivity contribution in [2.75, 3.05) is 74.1 Å². The average molecular weight is 1920 g/mol. The highest BCUT2D eigenvalue weighted by Crippen LogP contribution is 2.35. The minimum Gasteiger partial charge on any atom is -0.471 e. The van der Waals surface area contributed by atoms with E-state index in [1.807, 2.05) is 64.1 Å². The lowest BCUT2D eigenvalue weighted by molar-refractivity contribution is 0.0656. The van der Waals surface area contributed by atoms with Crippen LogP contribution < -0.4 is 21.3 Å². The van der Waals surface area contributed by atoms with E-state index in [1.165, 1.54) is 18.7 Å². The molecule has 4 aliphatic heterocycles. The number of oxime groups is 4. The van der Waals surface area contributed by atoms with E-state index in [2.05, 4.69) is 130 Å². The van der Waals surface area contributed by atoms with Crippen molar-refractivity contribution in [1.82, 2.24) is 59.1 Å². The number of carbonyl (C=O) groups is 4. The first-order valence-electron chi connectivity index (χ1n) is 36.2. The Labute approximate surface area is 734 Å². The van der Waals surface area contributed by atoms with Crippen LogP contribution >= 0.6 is 106 Å². The highest BCUT2D eigenvalue weighted by Gasteiger charge is 2.30. The molecule has 0 bridgehead atoms. The number of carbonyl (C=O) groups excluding carboxylic acids is 4. The molecule has 0 atom stereocenters. The lowest BCUT2D eigenvalue weighted by atomic mass is 10.1. The average Bonchev–Trinajstić information content (AvgIpc) is 1.81. The number of benzene rings is 4.